The maximum absolute atomic E-state index is 11.1. The maximum atomic E-state index is 11.1. The van der Waals surface area contributed by atoms with E-state index in [0.717, 1.165) is 16.1 Å². The SMILES string of the molecule is Cc1ccc(-c2nc(C(CCCCNS(N)(=O)=O)NC(=O)O)cs2)cc1. The molecule has 0 saturated carbocycles. The first-order valence-corrected chi connectivity index (χ1v) is 10.5. The number of aryl methyl sites for hydroxylation is 1. The first-order valence-electron chi connectivity index (χ1n) is 8.04. The molecule has 1 unspecified atom stereocenters. The van der Waals surface area contributed by atoms with Crippen LogP contribution in [0.25, 0.3) is 10.6 Å². The number of nitrogens with one attached hydrogen (secondary N) is 2. The van der Waals surface area contributed by atoms with E-state index in [1.54, 1.807) is 0 Å². The molecule has 1 aromatic heterocycles. The van der Waals surface area contributed by atoms with Gasteiger partial charge < -0.3 is 10.4 Å². The molecule has 0 aliphatic rings. The van der Waals surface area contributed by atoms with E-state index in [2.05, 4.69) is 15.0 Å². The van der Waals surface area contributed by atoms with Crippen molar-refractivity contribution in [1.29, 1.82) is 0 Å². The van der Waals surface area contributed by atoms with Crippen molar-refractivity contribution in [2.75, 3.05) is 6.54 Å². The van der Waals surface area contributed by atoms with Gasteiger partial charge >= 0.3 is 6.09 Å². The average Bonchev–Trinajstić information content (AvgIpc) is 3.02. The van der Waals surface area contributed by atoms with Gasteiger partial charge in [0.1, 0.15) is 5.01 Å². The minimum absolute atomic E-state index is 0.213. The van der Waals surface area contributed by atoms with Crippen LogP contribution in [-0.2, 0) is 10.2 Å². The molecule has 2 aromatic rings. The van der Waals surface area contributed by atoms with E-state index in [-0.39, 0.29) is 6.54 Å². The molecule has 26 heavy (non-hydrogen) atoms. The maximum Gasteiger partial charge on any atom is 0.405 e. The molecule has 0 spiro atoms. The number of hydrogen-bond acceptors (Lipinski definition) is 5. The molecular weight excluding hydrogens is 376 g/mol. The van der Waals surface area contributed by atoms with Crippen molar-refractivity contribution in [2.24, 2.45) is 5.14 Å². The van der Waals surface area contributed by atoms with Gasteiger partial charge in [-0.2, -0.15) is 8.42 Å². The fraction of sp³-hybridized carbons (Fsp3) is 0.375. The van der Waals surface area contributed by atoms with E-state index >= 15 is 0 Å². The van der Waals surface area contributed by atoms with Crippen LogP contribution in [0, 0.1) is 6.92 Å². The molecule has 1 heterocycles. The number of aromatic nitrogens is 1. The largest absolute Gasteiger partial charge is 0.465 e. The third kappa shape index (κ3) is 6.71. The highest BCUT2D eigenvalue weighted by Gasteiger charge is 2.17. The van der Waals surface area contributed by atoms with Crippen molar-refractivity contribution in [3.8, 4) is 10.6 Å². The lowest BCUT2D eigenvalue weighted by atomic mass is 10.1. The molecule has 0 saturated heterocycles. The minimum atomic E-state index is -3.70. The van der Waals surface area contributed by atoms with Gasteiger partial charge in [0.25, 0.3) is 10.2 Å². The van der Waals surface area contributed by atoms with Gasteiger partial charge in [-0.05, 0) is 26.2 Å². The van der Waals surface area contributed by atoms with Gasteiger partial charge in [0.05, 0.1) is 11.7 Å². The molecular formula is C16H22N4O4S2. The summed E-state index contributed by atoms with van der Waals surface area (Å²) in [4.78, 5) is 15.6. The highest BCUT2D eigenvalue weighted by Crippen LogP contribution is 2.28. The van der Waals surface area contributed by atoms with Crippen LogP contribution >= 0.6 is 11.3 Å². The van der Waals surface area contributed by atoms with Crippen LogP contribution in [-0.4, -0.2) is 31.1 Å². The first-order chi connectivity index (χ1) is 12.2. The van der Waals surface area contributed by atoms with Crippen LogP contribution in [0.4, 0.5) is 4.79 Å². The van der Waals surface area contributed by atoms with Crippen LogP contribution < -0.4 is 15.2 Å². The predicted octanol–water partition coefficient (Wildman–Crippen LogP) is 2.39. The van der Waals surface area contributed by atoms with E-state index in [1.165, 1.54) is 11.3 Å². The van der Waals surface area contributed by atoms with Crippen molar-refractivity contribution in [2.45, 2.75) is 32.2 Å². The van der Waals surface area contributed by atoms with Gasteiger partial charge in [-0.3, -0.25) is 0 Å². The molecule has 8 nitrogen and oxygen atoms in total. The van der Waals surface area contributed by atoms with Crippen LogP contribution in [0.5, 0.6) is 0 Å². The number of unbranched alkanes of at least 4 members (excludes halogenated alkanes) is 1. The van der Waals surface area contributed by atoms with E-state index in [1.807, 2.05) is 36.6 Å². The number of nitrogens with zero attached hydrogens (tertiary/aromatic N) is 1. The van der Waals surface area contributed by atoms with Gasteiger partial charge in [-0.1, -0.05) is 29.8 Å². The molecule has 1 amide bonds. The number of benzene rings is 1. The third-order valence-corrected chi connectivity index (χ3v) is 5.21. The van der Waals surface area contributed by atoms with E-state index in [4.69, 9.17) is 10.2 Å². The highest BCUT2D eigenvalue weighted by molar-refractivity contribution is 7.87. The lowest BCUT2D eigenvalue weighted by Crippen LogP contribution is -2.31. The zero-order chi connectivity index (χ0) is 19.2. The molecule has 0 aliphatic heterocycles. The number of carbonyl (C=O) groups is 1. The van der Waals surface area contributed by atoms with E-state index in [9.17, 15) is 13.2 Å². The van der Waals surface area contributed by atoms with Crippen molar-refractivity contribution in [3.63, 3.8) is 0 Å². The molecule has 142 valence electrons. The monoisotopic (exact) mass is 398 g/mol. The summed E-state index contributed by atoms with van der Waals surface area (Å²) in [5.41, 5.74) is 2.80. The fourth-order valence-corrected chi connectivity index (χ4v) is 3.71. The summed E-state index contributed by atoms with van der Waals surface area (Å²) in [6, 6.07) is 7.52. The van der Waals surface area contributed by atoms with Crippen molar-refractivity contribution < 1.29 is 18.3 Å². The second-order valence-corrected chi connectivity index (χ2v) is 8.12. The third-order valence-electron chi connectivity index (χ3n) is 3.70. The standard InChI is InChI=1S/C16H22N4O4S2/c1-11-5-7-12(8-6-11)15-19-14(10-25-15)13(20-16(21)22)4-2-3-9-18-26(17,23)24/h5-8,10,13,18,20H,2-4,9H2,1H3,(H,21,22)(H2,17,23,24). The number of thiazole rings is 1. The number of hydrogen-bond donors (Lipinski definition) is 4. The van der Waals surface area contributed by atoms with E-state index < -0.39 is 22.3 Å². The second kappa shape index (κ2) is 9.08. The minimum Gasteiger partial charge on any atom is -0.465 e. The number of amides is 1. The van der Waals surface area contributed by atoms with Crippen LogP contribution in [0.15, 0.2) is 29.6 Å². The lowest BCUT2D eigenvalue weighted by Gasteiger charge is -2.14. The average molecular weight is 399 g/mol. The summed E-state index contributed by atoms with van der Waals surface area (Å²) in [6.45, 7) is 2.22. The summed E-state index contributed by atoms with van der Waals surface area (Å²) in [5.74, 6) is 0. The van der Waals surface area contributed by atoms with Crippen molar-refractivity contribution in [3.05, 3.63) is 40.9 Å². The Morgan fingerprint density at radius 3 is 2.62 bits per heavy atom. The normalized spacial score (nSPS) is 12.7. The quantitative estimate of drug-likeness (QED) is 0.481. The fourth-order valence-electron chi connectivity index (χ4n) is 2.41. The summed E-state index contributed by atoms with van der Waals surface area (Å²) < 4.78 is 23.8. The smallest absolute Gasteiger partial charge is 0.405 e. The number of nitrogens with two attached hydrogens (primary N) is 1. The second-order valence-electron chi connectivity index (χ2n) is 5.88. The number of carboxylic acid groups (broad SMARTS) is 1. The van der Waals surface area contributed by atoms with Crippen molar-refractivity contribution >= 4 is 27.6 Å². The van der Waals surface area contributed by atoms with Gasteiger partial charge in [-0.25, -0.2) is 19.6 Å². The van der Waals surface area contributed by atoms with Gasteiger partial charge in [0.15, 0.2) is 0 Å². The summed E-state index contributed by atoms with van der Waals surface area (Å²) in [6.07, 6.45) is 0.548. The zero-order valence-corrected chi connectivity index (χ0v) is 15.9. The Kier molecular flexibility index (Phi) is 7.09. The molecule has 1 aromatic carbocycles. The summed E-state index contributed by atoms with van der Waals surface area (Å²) in [5, 5.41) is 19.1. The molecule has 0 fully saturated rings. The molecule has 0 aliphatic carbocycles. The molecule has 0 radical (unpaired) electrons. The van der Waals surface area contributed by atoms with E-state index in [0.29, 0.717) is 25.0 Å². The van der Waals surface area contributed by atoms with Crippen LogP contribution in [0.2, 0.25) is 0 Å². The van der Waals surface area contributed by atoms with Crippen LogP contribution in [0.3, 0.4) is 0 Å². The Morgan fingerprint density at radius 2 is 2.00 bits per heavy atom. The van der Waals surface area contributed by atoms with Gasteiger partial charge in [-0.15, -0.1) is 11.3 Å². The molecule has 10 heteroatoms. The van der Waals surface area contributed by atoms with Crippen LogP contribution in [0.1, 0.15) is 36.6 Å². The topological polar surface area (TPSA) is 134 Å². The Hall–Kier alpha value is -2.01. The molecule has 5 N–H and O–H groups in total. The first kappa shape index (κ1) is 20.3. The Morgan fingerprint density at radius 1 is 1.31 bits per heavy atom. The van der Waals surface area contributed by atoms with Gasteiger partial charge in [0.2, 0.25) is 0 Å². The zero-order valence-electron chi connectivity index (χ0n) is 14.3. The Labute approximate surface area is 156 Å². The molecule has 0 bridgehead atoms. The molecule has 1 atom stereocenters. The predicted molar refractivity (Wildman–Crippen MR) is 101 cm³/mol. The Bertz CT molecular complexity index is 834. The highest BCUT2D eigenvalue weighted by atomic mass is 32.2. The summed E-state index contributed by atoms with van der Waals surface area (Å²) in [7, 11) is -3.70. The molecule has 2 rings (SSSR count). The van der Waals surface area contributed by atoms with Gasteiger partial charge in [0, 0.05) is 17.5 Å². The Balaban J connectivity index is 2.00. The summed E-state index contributed by atoms with van der Waals surface area (Å²) >= 11 is 1.46. The lowest BCUT2D eigenvalue weighted by molar-refractivity contribution is 0.188. The van der Waals surface area contributed by atoms with Crippen molar-refractivity contribution in [1.82, 2.24) is 15.0 Å². The number of rotatable bonds is 9.